The lowest BCUT2D eigenvalue weighted by Crippen LogP contribution is -2.10. The third-order valence-corrected chi connectivity index (χ3v) is 1.23. The average molecular weight is 116 g/mol. The van der Waals surface area contributed by atoms with E-state index in [-0.39, 0.29) is 11.9 Å². The van der Waals surface area contributed by atoms with Crippen LogP contribution in [0.15, 0.2) is 0 Å². The van der Waals surface area contributed by atoms with Gasteiger partial charge in [0.2, 0.25) is 6.29 Å². The van der Waals surface area contributed by atoms with E-state index >= 15 is 0 Å². The maximum Gasteiger partial charge on any atom is 0.308 e. The van der Waals surface area contributed by atoms with Crippen LogP contribution in [0.5, 0.6) is 0 Å². The van der Waals surface area contributed by atoms with Crippen LogP contribution in [0, 0.1) is 5.92 Å². The summed E-state index contributed by atoms with van der Waals surface area (Å²) in [4.78, 5) is 10.3. The Kier molecular flexibility index (Phi) is 1.21. The molecule has 1 N–H and O–H groups in total. The van der Waals surface area contributed by atoms with E-state index in [1.54, 1.807) is 6.92 Å². The van der Waals surface area contributed by atoms with Gasteiger partial charge in [0.1, 0.15) is 0 Å². The molecule has 0 saturated carbocycles. The Labute approximate surface area is 47.3 Å². The highest BCUT2D eigenvalue weighted by atomic mass is 16.6. The topological polar surface area (TPSA) is 46.5 Å². The molecule has 2 atom stereocenters. The summed E-state index contributed by atoms with van der Waals surface area (Å²) in [6, 6.07) is 0. The Morgan fingerprint density at radius 3 is 2.62 bits per heavy atom. The van der Waals surface area contributed by atoms with E-state index in [9.17, 15) is 4.79 Å². The van der Waals surface area contributed by atoms with Crippen LogP contribution in [-0.2, 0) is 9.53 Å². The lowest BCUT2D eigenvalue weighted by Gasteiger charge is -2.02. The molecule has 3 heteroatoms. The van der Waals surface area contributed by atoms with Crippen LogP contribution < -0.4 is 0 Å². The number of cyclic esters (lactones) is 1. The van der Waals surface area contributed by atoms with Crippen molar-refractivity contribution in [2.24, 2.45) is 5.92 Å². The van der Waals surface area contributed by atoms with E-state index in [2.05, 4.69) is 4.74 Å². The smallest absolute Gasteiger partial charge is 0.308 e. The van der Waals surface area contributed by atoms with Crippen LogP contribution >= 0.6 is 0 Å². The van der Waals surface area contributed by atoms with E-state index in [1.165, 1.54) is 0 Å². The lowest BCUT2D eigenvalue weighted by atomic mass is 10.1. The highest BCUT2D eigenvalue weighted by Crippen LogP contribution is 2.18. The van der Waals surface area contributed by atoms with Gasteiger partial charge in [-0.3, -0.25) is 4.79 Å². The first-order valence-electron chi connectivity index (χ1n) is 2.57. The Morgan fingerprint density at radius 1 is 1.88 bits per heavy atom. The number of aliphatic hydroxyl groups excluding tert-OH is 1. The molecule has 0 aromatic rings. The van der Waals surface area contributed by atoms with E-state index < -0.39 is 6.29 Å². The second-order valence-corrected chi connectivity index (χ2v) is 2.06. The van der Waals surface area contributed by atoms with E-state index in [1.807, 2.05) is 0 Å². The van der Waals surface area contributed by atoms with Crippen molar-refractivity contribution in [3.8, 4) is 0 Å². The number of hydrogen-bond donors (Lipinski definition) is 1. The number of carbonyl (C=O) groups excluding carboxylic acids is 1. The normalized spacial score (nSPS) is 37.5. The van der Waals surface area contributed by atoms with Crippen molar-refractivity contribution in [1.82, 2.24) is 0 Å². The standard InChI is InChI=1S/C5H8O3/c1-3-2-4(6)8-5(3)7/h3,5,7H,2H2,1H3/t3-,5-/m1/s1. The maximum atomic E-state index is 10.3. The molecule has 1 aliphatic heterocycles. The molecular weight excluding hydrogens is 108 g/mol. The average Bonchev–Trinajstić information content (AvgIpc) is 1.85. The fraction of sp³-hybridized carbons (Fsp3) is 0.800. The number of aliphatic hydroxyl groups is 1. The first kappa shape index (κ1) is 5.56. The summed E-state index contributed by atoms with van der Waals surface area (Å²) in [5, 5.41) is 8.73. The van der Waals surface area contributed by atoms with E-state index in [4.69, 9.17) is 5.11 Å². The molecule has 0 unspecified atom stereocenters. The molecule has 0 aliphatic carbocycles. The second-order valence-electron chi connectivity index (χ2n) is 2.06. The van der Waals surface area contributed by atoms with Crippen molar-refractivity contribution in [3.05, 3.63) is 0 Å². The predicted octanol–water partition coefficient (Wildman–Crippen LogP) is -0.112. The highest BCUT2D eigenvalue weighted by molar-refractivity contribution is 5.71. The van der Waals surface area contributed by atoms with Crippen LogP contribution in [-0.4, -0.2) is 17.4 Å². The van der Waals surface area contributed by atoms with Gasteiger partial charge in [-0.1, -0.05) is 6.92 Å². The summed E-state index contributed by atoms with van der Waals surface area (Å²) in [5.41, 5.74) is 0. The van der Waals surface area contributed by atoms with Crippen LogP contribution in [0.1, 0.15) is 13.3 Å². The molecule has 8 heavy (non-hydrogen) atoms. The summed E-state index contributed by atoms with van der Waals surface area (Å²) < 4.78 is 4.39. The molecule has 0 radical (unpaired) electrons. The molecule has 0 amide bonds. The van der Waals surface area contributed by atoms with Gasteiger partial charge in [0, 0.05) is 5.92 Å². The number of carbonyl (C=O) groups is 1. The second kappa shape index (κ2) is 1.74. The number of esters is 1. The maximum absolute atomic E-state index is 10.3. The van der Waals surface area contributed by atoms with Crippen molar-refractivity contribution in [3.63, 3.8) is 0 Å². The minimum atomic E-state index is -0.859. The molecule has 1 saturated heterocycles. The Bertz CT molecular complexity index is 98.2. The zero-order valence-corrected chi connectivity index (χ0v) is 4.63. The fourth-order valence-electron chi connectivity index (χ4n) is 0.663. The van der Waals surface area contributed by atoms with Gasteiger partial charge in [-0.15, -0.1) is 0 Å². The SMILES string of the molecule is C[C@@H]1CC(=O)O[C@H]1O. The summed E-state index contributed by atoms with van der Waals surface area (Å²) in [7, 11) is 0. The largest absolute Gasteiger partial charge is 0.436 e. The van der Waals surface area contributed by atoms with Gasteiger partial charge < -0.3 is 9.84 Å². The first-order valence-corrected chi connectivity index (χ1v) is 2.57. The van der Waals surface area contributed by atoms with E-state index in [0.717, 1.165) is 0 Å². The fourth-order valence-corrected chi connectivity index (χ4v) is 0.663. The van der Waals surface area contributed by atoms with Gasteiger partial charge in [0.25, 0.3) is 0 Å². The minimum absolute atomic E-state index is 0.0255. The first-order chi connectivity index (χ1) is 3.70. The van der Waals surface area contributed by atoms with Gasteiger partial charge in [-0.05, 0) is 0 Å². The van der Waals surface area contributed by atoms with Crippen molar-refractivity contribution in [2.75, 3.05) is 0 Å². The molecular formula is C5H8O3. The van der Waals surface area contributed by atoms with E-state index in [0.29, 0.717) is 6.42 Å². The third-order valence-electron chi connectivity index (χ3n) is 1.23. The minimum Gasteiger partial charge on any atom is -0.436 e. The quantitative estimate of drug-likeness (QED) is 0.449. The molecule has 0 spiro atoms. The Balaban J connectivity index is 2.51. The molecule has 0 aromatic carbocycles. The summed E-state index contributed by atoms with van der Waals surface area (Å²) in [6.45, 7) is 1.77. The summed E-state index contributed by atoms with van der Waals surface area (Å²) >= 11 is 0. The highest BCUT2D eigenvalue weighted by Gasteiger charge is 2.28. The number of rotatable bonds is 0. The molecule has 1 rings (SSSR count). The molecule has 0 bridgehead atoms. The molecule has 1 aliphatic rings. The zero-order chi connectivity index (χ0) is 6.15. The predicted molar refractivity (Wildman–Crippen MR) is 25.9 cm³/mol. The molecule has 0 aromatic heterocycles. The van der Waals surface area contributed by atoms with Crippen molar-refractivity contribution in [2.45, 2.75) is 19.6 Å². The summed E-state index contributed by atoms with van der Waals surface area (Å²) in [6.07, 6.45) is -0.510. The Hall–Kier alpha value is -0.570. The molecule has 1 fully saturated rings. The van der Waals surface area contributed by atoms with Crippen molar-refractivity contribution in [1.29, 1.82) is 0 Å². The van der Waals surface area contributed by atoms with Crippen molar-refractivity contribution < 1.29 is 14.6 Å². The summed E-state index contributed by atoms with van der Waals surface area (Å²) in [5.74, 6) is -0.326. The van der Waals surface area contributed by atoms with Crippen molar-refractivity contribution >= 4 is 5.97 Å². The Morgan fingerprint density at radius 2 is 2.50 bits per heavy atom. The van der Waals surface area contributed by atoms with Gasteiger partial charge in [0.05, 0.1) is 6.42 Å². The third kappa shape index (κ3) is 0.816. The van der Waals surface area contributed by atoms with Crippen LogP contribution in [0.2, 0.25) is 0 Å². The molecule has 1 heterocycles. The molecule has 3 nitrogen and oxygen atoms in total. The number of ether oxygens (including phenoxy) is 1. The van der Waals surface area contributed by atoms with Gasteiger partial charge in [-0.2, -0.15) is 0 Å². The van der Waals surface area contributed by atoms with Gasteiger partial charge in [0.15, 0.2) is 0 Å². The van der Waals surface area contributed by atoms with Gasteiger partial charge >= 0.3 is 5.97 Å². The lowest BCUT2D eigenvalue weighted by molar-refractivity contribution is -0.155. The van der Waals surface area contributed by atoms with Crippen LogP contribution in [0.3, 0.4) is 0 Å². The van der Waals surface area contributed by atoms with Crippen LogP contribution in [0.4, 0.5) is 0 Å². The van der Waals surface area contributed by atoms with Crippen LogP contribution in [0.25, 0.3) is 0 Å². The monoisotopic (exact) mass is 116 g/mol. The van der Waals surface area contributed by atoms with Gasteiger partial charge in [-0.25, -0.2) is 0 Å². The zero-order valence-electron chi connectivity index (χ0n) is 4.63. The molecule has 46 valence electrons. The number of hydrogen-bond acceptors (Lipinski definition) is 3.